The second kappa shape index (κ2) is 10.1. The Bertz CT molecular complexity index is 952. The summed E-state index contributed by atoms with van der Waals surface area (Å²) in [6.45, 7) is 1.95. The fraction of sp³-hybridized carbons (Fsp3) is 0.167. The Balaban J connectivity index is 1.57. The van der Waals surface area contributed by atoms with Gasteiger partial charge in [-0.2, -0.15) is 0 Å². The first kappa shape index (κ1) is 20.1. The van der Waals surface area contributed by atoms with Gasteiger partial charge in [0.2, 0.25) is 0 Å². The quantitative estimate of drug-likeness (QED) is 0.577. The predicted octanol–water partition coefficient (Wildman–Crippen LogP) is 4.47. The van der Waals surface area contributed by atoms with Gasteiger partial charge in [0.05, 0.1) is 12.2 Å². The normalized spacial score (nSPS) is 10.2. The second-order valence-electron chi connectivity index (χ2n) is 6.40. The predicted molar refractivity (Wildman–Crippen MR) is 112 cm³/mol. The molecule has 0 aromatic heterocycles. The molecule has 0 aliphatic rings. The van der Waals surface area contributed by atoms with Gasteiger partial charge in [-0.05, 0) is 54.8 Å². The number of nitrogens with one attached hydrogen (secondary N) is 1. The van der Waals surface area contributed by atoms with Crippen molar-refractivity contribution in [2.45, 2.75) is 13.3 Å². The third-order valence-corrected chi connectivity index (χ3v) is 4.26. The molecule has 0 fully saturated rings. The molecule has 1 amide bonds. The molecule has 3 aromatic carbocycles. The van der Waals surface area contributed by atoms with E-state index >= 15 is 0 Å². The van der Waals surface area contributed by atoms with Crippen LogP contribution in [0.3, 0.4) is 0 Å². The molecular formula is C24H23NO4. The van der Waals surface area contributed by atoms with Gasteiger partial charge in [0.15, 0.2) is 6.61 Å². The maximum absolute atomic E-state index is 12.3. The third-order valence-electron chi connectivity index (χ3n) is 4.26. The third kappa shape index (κ3) is 5.94. The molecule has 148 valence electrons. The van der Waals surface area contributed by atoms with E-state index < -0.39 is 0 Å². The molecule has 1 N–H and O–H groups in total. The highest BCUT2D eigenvalue weighted by molar-refractivity contribution is 5.92. The molecule has 0 bridgehead atoms. The van der Waals surface area contributed by atoms with Crippen LogP contribution in [-0.2, 0) is 16.0 Å². The van der Waals surface area contributed by atoms with Crippen molar-refractivity contribution in [1.29, 1.82) is 0 Å². The van der Waals surface area contributed by atoms with E-state index in [-0.39, 0.29) is 18.5 Å². The summed E-state index contributed by atoms with van der Waals surface area (Å²) >= 11 is 0. The molecule has 0 heterocycles. The maximum atomic E-state index is 12.3. The van der Waals surface area contributed by atoms with Crippen molar-refractivity contribution in [2.24, 2.45) is 0 Å². The van der Waals surface area contributed by atoms with Gasteiger partial charge in [0, 0.05) is 5.69 Å². The van der Waals surface area contributed by atoms with E-state index in [0.717, 1.165) is 17.7 Å². The standard InChI is InChI=1S/C24H23NO4/c1-2-28-24(27)19-12-14-21(15-13-19)29-17-23(26)25-22-11-7-6-10-20(22)16-18-8-4-3-5-9-18/h3-15H,2,16-17H2,1H3,(H,25,26). The topological polar surface area (TPSA) is 64.6 Å². The number of esters is 1. The van der Waals surface area contributed by atoms with E-state index in [0.29, 0.717) is 17.9 Å². The highest BCUT2D eigenvalue weighted by atomic mass is 16.5. The summed E-state index contributed by atoms with van der Waals surface area (Å²) in [5, 5.41) is 2.91. The van der Waals surface area contributed by atoms with E-state index in [2.05, 4.69) is 17.4 Å². The molecule has 5 nitrogen and oxygen atoms in total. The summed E-state index contributed by atoms with van der Waals surface area (Å²) in [6.07, 6.45) is 0.730. The van der Waals surface area contributed by atoms with E-state index in [1.165, 1.54) is 5.56 Å². The smallest absolute Gasteiger partial charge is 0.338 e. The van der Waals surface area contributed by atoms with Crippen molar-refractivity contribution in [3.63, 3.8) is 0 Å². The molecule has 29 heavy (non-hydrogen) atoms. The lowest BCUT2D eigenvalue weighted by atomic mass is 10.0. The molecule has 3 rings (SSSR count). The Kier molecular flexibility index (Phi) is 7.00. The number of hydrogen-bond donors (Lipinski definition) is 1. The van der Waals surface area contributed by atoms with Gasteiger partial charge in [0.1, 0.15) is 5.75 Å². The van der Waals surface area contributed by atoms with Crippen LogP contribution >= 0.6 is 0 Å². The molecule has 0 unspecified atom stereocenters. The minimum absolute atomic E-state index is 0.127. The number of benzene rings is 3. The zero-order chi connectivity index (χ0) is 20.5. The van der Waals surface area contributed by atoms with Crippen LogP contribution in [0.25, 0.3) is 0 Å². The molecule has 0 aliphatic carbocycles. The van der Waals surface area contributed by atoms with Crippen LogP contribution in [0.4, 0.5) is 5.69 Å². The van der Waals surface area contributed by atoms with Crippen LogP contribution < -0.4 is 10.1 Å². The minimum Gasteiger partial charge on any atom is -0.484 e. The van der Waals surface area contributed by atoms with Crippen molar-refractivity contribution < 1.29 is 19.1 Å². The van der Waals surface area contributed by atoms with Crippen molar-refractivity contribution in [2.75, 3.05) is 18.5 Å². The molecule has 0 atom stereocenters. The van der Waals surface area contributed by atoms with Gasteiger partial charge >= 0.3 is 5.97 Å². The van der Waals surface area contributed by atoms with E-state index in [1.54, 1.807) is 31.2 Å². The summed E-state index contributed by atoms with van der Waals surface area (Å²) < 4.78 is 10.5. The number of carbonyl (C=O) groups is 2. The minimum atomic E-state index is -0.383. The van der Waals surface area contributed by atoms with Gasteiger partial charge in [-0.3, -0.25) is 4.79 Å². The van der Waals surface area contributed by atoms with Crippen LogP contribution in [0.2, 0.25) is 0 Å². The first-order chi connectivity index (χ1) is 14.2. The molecule has 0 saturated carbocycles. The van der Waals surface area contributed by atoms with Crippen molar-refractivity contribution in [3.8, 4) is 5.75 Å². The van der Waals surface area contributed by atoms with Gasteiger partial charge in [0.25, 0.3) is 5.91 Å². The van der Waals surface area contributed by atoms with Crippen LogP contribution in [0.1, 0.15) is 28.4 Å². The van der Waals surface area contributed by atoms with Gasteiger partial charge in [-0.1, -0.05) is 48.5 Å². The lowest BCUT2D eigenvalue weighted by Gasteiger charge is -2.12. The Labute approximate surface area is 170 Å². The number of para-hydroxylation sites is 1. The van der Waals surface area contributed by atoms with E-state index in [9.17, 15) is 9.59 Å². The Morgan fingerprint density at radius 3 is 2.28 bits per heavy atom. The summed E-state index contributed by atoms with van der Waals surface area (Å²) in [5.74, 6) is -0.127. The van der Waals surface area contributed by atoms with Gasteiger partial charge in [-0.25, -0.2) is 4.79 Å². The molecule has 0 radical (unpaired) electrons. The average Bonchev–Trinajstić information content (AvgIpc) is 2.75. The number of ether oxygens (including phenoxy) is 2. The van der Waals surface area contributed by atoms with Gasteiger partial charge in [-0.15, -0.1) is 0 Å². The first-order valence-electron chi connectivity index (χ1n) is 9.47. The molecule has 3 aromatic rings. The van der Waals surface area contributed by atoms with Crippen LogP contribution in [-0.4, -0.2) is 25.1 Å². The number of anilines is 1. The number of hydrogen-bond acceptors (Lipinski definition) is 4. The van der Waals surface area contributed by atoms with E-state index in [4.69, 9.17) is 9.47 Å². The lowest BCUT2D eigenvalue weighted by Crippen LogP contribution is -2.21. The zero-order valence-electron chi connectivity index (χ0n) is 16.3. The van der Waals surface area contributed by atoms with Crippen LogP contribution in [0.5, 0.6) is 5.75 Å². The fourth-order valence-corrected chi connectivity index (χ4v) is 2.85. The Hall–Kier alpha value is -3.60. The maximum Gasteiger partial charge on any atom is 0.338 e. The molecule has 0 saturated heterocycles. The van der Waals surface area contributed by atoms with Crippen molar-refractivity contribution >= 4 is 17.6 Å². The average molecular weight is 389 g/mol. The molecule has 0 spiro atoms. The number of carbonyl (C=O) groups excluding carboxylic acids is 2. The number of amides is 1. The number of rotatable bonds is 8. The summed E-state index contributed by atoms with van der Waals surface area (Å²) in [7, 11) is 0. The summed E-state index contributed by atoms with van der Waals surface area (Å²) in [4.78, 5) is 24.0. The zero-order valence-corrected chi connectivity index (χ0v) is 16.3. The van der Waals surface area contributed by atoms with Gasteiger partial charge < -0.3 is 14.8 Å². The monoisotopic (exact) mass is 389 g/mol. The molecular weight excluding hydrogens is 366 g/mol. The summed E-state index contributed by atoms with van der Waals surface area (Å²) in [5.41, 5.74) is 3.42. The van der Waals surface area contributed by atoms with Crippen molar-refractivity contribution in [3.05, 3.63) is 95.6 Å². The van der Waals surface area contributed by atoms with Crippen LogP contribution in [0.15, 0.2) is 78.9 Å². The summed E-state index contributed by atoms with van der Waals surface area (Å²) in [6, 6.07) is 24.3. The highest BCUT2D eigenvalue weighted by Crippen LogP contribution is 2.19. The second-order valence-corrected chi connectivity index (χ2v) is 6.40. The largest absolute Gasteiger partial charge is 0.484 e. The highest BCUT2D eigenvalue weighted by Gasteiger charge is 2.09. The lowest BCUT2D eigenvalue weighted by molar-refractivity contribution is -0.118. The van der Waals surface area contributed by atoms with Crippen LogP contribution in [0, 0.1) is 0 Å². The Morgan fingerprint density at radius 2 is 1.55 bits per heavy atom. The van der Waals surface area contributed by atoms with E-state index in [1.807, 2.05) is 42.5 Å². The molecule has 0 aliphatic heterocycles. The fourth-order valence-electron chi connectivity index (χ4n) is 2.85. The Morgan fingerprint density at radius 1 is 0.862 bits per heavy atom. The van der Waals surface area contributed by atoms with Crippen molar-refractivity contribution in [1.82, 2.24) is 0 Å². The molecule has 5 heteroatoms. The first-order valence-corrected chi connectivity index (χ1v) is 9.47. The SMILES string of the molecule is CCOC(=O)c1ccc(OCC(=O)Nc2ccccc2Cc2ccccc2)cc1.